The molecule has 2 atom stereocenters. The molecule has 1 aliphatic heterocycles. The van der Waals surface area contributed by atoms with Crippen LogP contribution in [0.1, 0.15) is 23.5 Å². The van der Waals surface area contributed by atoms with Crippen LogP contribution in [0.25, 0.3) is 5.69 Å². The SMILES string of the molecule is COc1ccc(N2C(=S)N[C@@H](c3ccccn3)[C@H]2c2cccn2-c2ccc(N(C)C)cc2)c(OC)c1. The molecule has 0 aliphatic carbocycles. The molecule has 1 aliphatic rings. The van der Waals surface area contributed by atoms with E-state index in [-0.39, 0.29) is 12.1 Å². The standard InChI is InChI=1S/C28H29N5O2S/c1-31(2)19-10-12-20(13-11-19)32-17-7-9-24(32)27-26(22-8-5-6-16-29-22)30-28(36)33(27)23-15-14-21(34-3)18-25(23)35-4/h5-18,26-27H,1-4H3,(H,30,36)/t26-,27+/m0/s1. The number of hydrogen-bond donors (Lipinski definition) is 1. The van der Waals surface area contributed by atoms with Crippen molar-refractivity contribution in [1.82, 2.24) is 14.9 Å². The molecule has 1 N–H and O–H groups in total. The van der Waals surface area contributed by atoms with Crippen LogP contribution in [0.3, 0.4) is 0 Å². The van der Waals surface area contributed by atoms with Crippen molar-refractivity contribution in [2.24, 2.45) is 0 Å². The van der Waals surface area contributed by atoms with Crippen LogP contribution >= 0.6 is 12.2 Å². The van der Waals surface area contributed by atoms with Crippen molar-refractivity contribution in [1.29, 1.82) is 0 Å². The minimum Gasteiger partial charge on any atom is -0.497 e. The molecule has 2 aromatic heterocycles. The smallest absolute Gasteiger partial charge is 0.174 e. The van der Waals surface area contributed by atoms with Crippen LogP contribution in [-0.2, 0) is 0 Å². The Hall–Kier alpha value is -4.04. The lowest BCUT2D eigenvalue weighted by Crippen LogP contribution is -2.30. The maximum absolute atomic E-state index is 5.91. The van der Waals surface area contributed by atoms with Gasteiger partial charge < -0.3 is 29.2 Å². The number of ether oxygens (including phenoxy) is 2. The number of aromatic nitrogens is 2. The Kier molecular flexibility index (Phi) is 6.52. The van der Waals surface area contributed by atoms with Gasteiger partial charge in [0.1, 0.15) is 17.5 Å². The highest BCUT2D eigenvalue weighted by atomic mass is 32.1. The van der Waals surface area contributed by atoms with Crippen molar-refractivity contribution in [2.75, 3.05) is 38.1 Å². The minimum atomic E-state index is -0.182. The van der Waals surface area contributed by atoms with Crippen molar-refractivity contribution in [3.8, 4) is 17.2 Å². The summed E-state index contributed by atoms with van der Waals surface area (Å²) < 4.78 is 13.4. The lowest BCUT2D eigenvalue weighted by atomic mass is 10.0. The molecule has 8 heteroatoms. The van der Waals surface area contributed by atoms with Gasteiger partial charge in [0, 0.05) is 49.6 Å². The van der Waals surface area contributed by atoms with E-state index in [0.29, 0.717) is 10.9 Å². The predicted molar refractivity (Wildman–Crippen MR) is 148 cm³/mol. The van der Waals surface area contributed by atoms with E-state index in [1.807, 2.05) is 56.7 Å². The second-order valence-electron chi connectivity index (χ2n) is 8.75. The molecule has 0 saturated carbocycles. The van der Waals surface area contributed by atoms with Gasteiger partial charge in [-0.25, -0.2) is 0 Å². The zero-order chi connectivity index (χ0) is 25.2. The van der Waals surface area contributed by atoms with Gasteiger partial charge in [-0.1, -0.05) is 6.07 Å². The highest BCUT2D eigenvalue weighted by molar-refractivity contribution is 7.80. The summed E-state index contributed by atoms with van der Waals surface area (Å²) in [6.45, 7) is 0. The van der Waals surface area contributed by atoms with Gasteiger partial charge in [0.2, 0.25) is 0 Å². The van der Waals surface area contributed by atoms with Gasteiger partial charge in [-0.15, -0.1) is 0 Å². The van der Waals surface area contributed by atoms with Crippen LogP contribution in [0, 0.1) is 0 Å². The molecule has 3 heterocycles. The van der Waals surface area contributed by atoms with E-state index in [2.05, 4.69) is 67.3 Å². The number of nitrogens with zero attached hydrogens (tertiary/aromatic N) is 4. The zero-order valence-electron chi connectivity index (χ0n) is 20.8. The van der Waals surface area contributed by atoms with Crippen molar-refractivity contribution in [3.63, 3.8) is 0 Å². The second-order valence-corrected chi connectivity index (χ2v) is 9.13. The van der Waals surface area contributed by atoms with Gasteiger partial charge >= 0.3 is 0 Å². The largest absolute Gasteiger partial charge is 0.497 e. The first-order valence-corrected chi connectivity index (χ1v) is 12.1. The summed E-state index contributed by atoms with van der Waals surface area (Å²) in [6.07, 6.45) is 3.90. The van der Waals surface area contributed by atoms with Gasteiger partial charge in [0.15, 0.2) is 5.11 Å². The summed E-state index contributed by atoms with van der Waals surface area (Å²) in [4.78, 5) is 8.88. The molecule has 2 aromatic carbocycles. The topological polar surface area (TPSA) is 54.8 Å². The maximum Gasteiger partial charge on any atom is 0.174 e. The maximum atomic E-state index is 5.91. The quantitative estimate of drug-likeness (QED) is 0.354. The third kappa shape index (κ3) is 4.24. The molecule has 0 spiro atoms. The molecule has 184 valence electrons. The highest BCUT2D eigenvalue weighted by Crippen LogP contribution is 2.45. The molecule has 0 unspecified atom stereocenters. The summed E-state index contributed by atoms with van der Waals surface area (Å²) in [5, 5.41) is 4.13. The Balaban J connectivity index is 1.65. The Morgan fingerprint density at radius 2 is 1.75 bits per heavy atom. The average Bonchev–Trinajstić information content (AvgIpc) is 3.53. The van der Waals surface area contributed by atoms with Crippen LogP contribution in [0.15, 0.2) is 85.2 Å². The minimum absolute atomic E-state index is 0.166. The van der Waals surface area contributed by atoms with Gasteiger partial charge in [0.05, 0.1) is 31.6 Å². The molecule has 5 rings (SSSR count). The van der Waals surface area contributed by atoms with Crippen molar-refractivity contribution in [2.45, 2.75) is 12.1 Å². The Labute approximate surface area is 216 Å². The molecule has 36 heavy (non-hydrogen) atoms. The highest BCUT2D eigenvalue weighted by Gasteiger charge is 2.43. The molecule has 0 radical (unpaired) electrons. The molecule has 4 aromatic rings. The molecular formula is C28H29N5O2S. The second kappa shape index (κ2) is 9.91. The van der Waals surface area contributed by atoms with Crippen LogP contribution < -0.4 is 24.6 Å². The molecule has 7 nitrogen and oxygen atoms in total. The van der Waals surface area contributed by atoms with Gasteiger partial charge in [-0.05, 0) is 72.9 Å². The van der Waals surface area contributed by atoms with Crippen LogP contribution in [0.2, 0.25) is 0 Å². The Morgan fingerprint density at radius 1 is 0.944 bits per heavy atom. The third-order valence-corrected chi connectivity index (χ3v) is 6.79. The van der Waals surface area contributed by atoms with E-state index >= 15 is 0 Å². The molecule has 1 saturated heterocycles. The first-order chi connectivity index (χ1) is 17.5. The summed E-state index contributed by atoms with van der Waals surface area (Å²) in [5.74, 6) is 1.40. The number of hydrogen-bond acceptors (Lipinski definition) is 5. The van der Waals surface area contributed by atoms with Crippen molar-refractivity contribution >= 4 is 28.7 Å². The van der Waals surface area contributed by atoms with Crippen molar-refractivity contribution in [3.05, 3.63) is 96.6 Å². The number of anilines is 2. The summed E-state index contributed by atoms with van der Waals surface area (Å²) in [5.41, 5.74) is 5.06. The number of methoxy groups -OCH3 is 2. The first kappa shape index (κ1) is 23.7. The monoisotopic (exact) mass is 499 g/mol. The average molecular weight is 500 g/mol. The fraction of sp³-hybridized carbons (Fsp3) is 0.214. The summed E-state index contributed by atoms with van der Waals surface area (Å²) in [7, 11) is 7.38. The fourth-order valence-corrected chi connectivity index (χ4v) is 5.02. The Morgan fingerprint density at radius 3 is 2.42 bits per heavy atom. The van der Waals surface area contributed by atoms with Crippen LogP contribution in [0.4, 0.5) is 11.4 Å². The van der Waals surface area contributed by atoms with Crippen molar-refractivity contribution < 1.29 is 9.47 Å². The van der Waals surface area contributed by atoms with E-state index in [1.54, 1.807) is 14.2 Å². The van der Waals surface area contributed by atoms with E-state index in [1.165, 1.54) is 0 Å². The molecule has 0 bridgehead atoms. The molecule has 0 amide bonds. The number of benzene rings is 2. The lowest BCUT2D eigenvalue weighted by molar-refractivity contribution is 0.394. The van der Waals surface area contributed by atoms with E-state index in [0.717, 1.165) is 34.2 Å². The van der Waals surface area contributed by atoms with Gasteiger partial charge in [-0.2, -0.15) is 0 Å². The number of nitrogens with one attached hydrogen (secondary N) is 1. The van der Waals surface area contributed by atoms with E-state index in [9.17, 15) is 0 Å². The number of thiocarbonyl (C=S) groups is 1. The molecular weight excluding hydrogens is 470 g/mol. The van der Waals surface area contributed by atoms with Gasteiger partial charge in [-0.3, -0.25) is 4.98 Å². The summed E-state index contributed by atoms with van der Waals surface area (Å²) >= 11 is 5.91. The molecule has 1 fully saturated rings. The fourth-order valence-electron chi connectivity index (χ4n) is 4.68. The normalized spacial score (nSPS) is 17.1. The first-order valence-electron chi connectivity index (χ1n) is 11.7. The zero-order valence-corrected chi connectivity index (χ0v) is 21.6. The predicted octanol–water partition coefficient (Wildman–Crippen LogP) is 5.13. The van der Waals surface area contributed by atoms with E-state index in [4.69, 9.17) is 21.7 Å². The third-order valence-electron chi connectivity index (χ3n) is 6.47. The lowest BCUT2D eigenvalue weighted by Gasteiger charge is -2.30. The Bertz CT molecular complexity index is 1350. The van der Waals surface area contributed by atoms with Gasteiger partial charge in [0.25, 0.3) is 0 Å². The number of rotatable bonds is 7. The van der Waals surface area contributed by atoms with E-state index < -0.39 is 0 Å². The number of pyridine rings is 1. The summed E-state index contributed by atoms with van der Waals surface area (Å²) in [6, 6.07) is 24.1. The van der Waals surface area contributed by atoms with Crippen LogP contribution in [-0.4, -0.2) is 43.0 Å². The van der Waals surface area contributed by atoms with Crippen LogP contribution in [0.5, 0.6) is 11.5 Å².